The number of hydrogen-bond acceptors (Lipinski definition) is 8. The van der Waals surface area contributed by atoms with Gasteiger partial charge < -0.3 is 10.6 Å². The molecule has 0 aliphatic carbocycles. The standard InChI is InChI=1S/C19H18N6O2S2/c1-28-17-7-6-16(29(21,26)27)8-14(17)11-22-18-9-19(24-12-23-18)25-15-4-2-13(10-20)3-5-15/h2-9,12H,11H2,1H3,(H2,21,26,27)(H2,22,23,24,25). The molecule has 3 rings (SSSR count). The van der Waals surface area contributed by atoms with Gasteiger partial charge in [-0.15, -0.1) is 11.8 Å². The molecule has 10 heteroatoms. The minimum Gasteiger partial charge on any atom is -0.366 e. The molecule has 4 N–H and O–H groups in total. The Hall–Kier alpha value is -3.13. The number of nitrogens with two attached hydrogens (primary N) is 1. The van der Waals surface area contributed by atoms with Crippen LogP contribution in [0, 0.1) is 11.3 Å². The second-order valence-electron chi connectivity index (χ2n) is 5.97. The number of primary sulfonamides is 1. The van der Waals surface area contributed by atoms with Crippen LogP contribution in [0.25, 0.3) is 0 Å². The van der Waals surface area contributed by atoms with Gasteiger partial charge in [0.15, 0.2) is 0 Å². The zero-order chi connectivity index (χ0) is 20.9. The third-order valence-corrected chi connectivity index (χ3v) is 5.74. The summed E-state index contributed by atoms with van der Waals surface area (Å²) in [7, 11) is -3.77. The molecule has 0 saturated heterocycles. The minimum atomic E-state index is -3.77. The Morgan fingerprint density at radius 3 is 2.48 bits per heavy atom. The van der Waals surface area contributed by atoms with E-state index < -0.39 is 10.0 Å². The summed E-state index contributed by atoms with van der Waals surface area (Å²) in [5.74, 6) is 1.15. The Morgan fingerprint density at radius 1 is 1.10 bits per heavy atom. The Morgan fingerprint density at radius 2 is 1.83 bits per heavy atom. The van der Waals surface area contributed by atoms with Gasteiger partial charge in [0.05, 0.1) is 16.5 Å². The molecule has 0 fully saturated rings. The van der Waals surface area contributed by atoms with Crippen LogP contribution < -0.4 is 15.8 Å². The zero-order valence-corrected chi connectivity index (χ0v) is 17.1. The number of benzene rings is 2. The van der Waals surface area contributed by atoms with Crippen molar-refractivity contribution >= 4 is 39.1 Å². The van der Waals surface area contributed by atoms with Gasteiger partial charge in [0.2, 0.25) is 10.0 Å². The van der Waals surface area contributed by atoms with Gasteiger partial charge in [0.1, 0.15) is 18.0 Å². The predicted molar refractivity (Wildman–Crippen MR) is 113 cm³/mol. The molecule has 0 amide bonds. The predicted octanol–water partition coefficient (Wildman–Crippen LogP) is 3.07. The molecule has 0 spiro atoms. The molecule has 0 aliphatic heterocycles. The van der Waals surface area contributed by atoms with E-state index in [1.807, 2.05) is 6.26 Å². The summed E-state index contributed by atoms with van der Waals surface area (Å²) in [6.07, 6.45) is 3.34. The van der Waals surface area contributed by atoms with Crippen molar-refractivity contribution in [3.05, 3.63) is 66.0 Å². The number of rotatable bonds is 7. The maximum Gasteiger partial charge on any atom is 0.238 e. The molecule has 0 unspecified atom stereocenters. The van der Waals surface area contributed by atoms with Gasteiger partial charge in [-0.1, -0.05) is 0 Å². The van der Waals surface area contributed by atoms with Crippen molar-refractivity contribution in [1.29, 1.82) is 5.26 Å². The SMILES string of the molecule is CSc1ccc(S(N)(=O)=O)cc1CNc1cc(Nc2ccc(C#N)cc2)ncn1. The number of nitrogens with zero attached hydrogens (tertiary/aromatic N) is 3. The smallest absolute Gasteiger partial charge is 0.238 e. The van der Waals surface area contributed by atoms with E-state index in [-0.39, 0.29) is 4.90 Å². The van der Waals surface area contributed by atoms with Gasteiger partial charge in [-0.25, -0.2) is 23.5 Å². The maximum atomic E-state index is 11.6. The Labute approximate surface area is 173 Å². The highest BCUT2D eigenvalue weighted by Gasteiger charge is 2.11. The Balaban J connectivity index is 1.74. The van der Waals surface area contributed by atoms with Gasteiger partial charge in [-0.3, -0.25) is 0 Å². The van der Waals surface area contributed by atoms with E-state index in [4.69, 9.17) is 10.4 Å². The third-order valence-electron chi connectivity index (χ3n) is 3.99. The summed E-state index contributed by atoms with van der Waals surface area (Å²) in [4.78, 5) is 9.39. The molecule has 148 valence electrons. The lowest BCUT2D eigenvalue weighted by molar-refractivity contribution is 0.597. The van der Waals surface area contributed by atoms with Crippen molar-refractivity contribution < 1.29 is 8.42 Å². The van der Waals surface area contributed by atoms with Crippen molar-refractivity contribution in [2.45, 2.75) is 16.3 Å². The summed E-state index contributed by atoms with van der Waals surface area (Å²) in [5, 5.41) is 20.4. The molecule has 29 heavy (non-hydrogen) atoms. The van der Waals surface area contributed by atoms with E-state index in [0.29, 0.717) is 23.7 Å². The van der Waals surface area contributed by atoms with Gasteiger partial charge in [0.25, 0.3) is 0 Å². The van der Waals surface area contributed by atoms with Gasteiger partial charge >= 0.3 is 0 Å². The van der Waals surface area contributed by atoms with Gasteiger partial charge in [-0.2, -0.15) is 5.26 Å². The maximum absolute atomic E-state index is 11.6. The van der Waals surface area contributed by atoms with Crippen LogP contribution in [0.15, 0.2) is 64.6 Å². The molecule has 0 saturated carbocycles. The van der Waals surface area contributed by atoms with Crippen molar-refractivity contribution in [3.63, 3.8) is 0 Å². The van der Waals surface area contributed by atoms with E-state index in [9.17, 15) is 8.42 Å². The lowest BCUT2D eigenvalue weighted by Gasteiger charge is -2.12. The molecular weight excluding hydrogens is 408 g/mol. The van der Waals surface area contributed by atoms with E-state index in [1.165, 1.54) is 24.2 Å². The fourth-order valence-corrected chi connectivity index (χ4v) is 3.72. The first kappa shape index (κ1) is 20.6. The van der Waals surface area contributed by atoms with E-state index >= 15 is 0 Å². The normalized spacial score (nSPS) is 10.9. The number of aromatic nitrogens is 2. The fraction of sp³-hybridized carbons (Fsp3) is 0.105. The average Bonchev–Trinajstić information content (AvgIpc) is 2.72. The summed E-state index contributed by atoms with van der Waals surface area (Å²) in [5.41, 5.74) is 2.16. The van der Waals surface area contributed by atoms with Crippen molar-refractivity contribution in [2.24, 2.45) is 5.14 Å². The van der Waals surface area contributed by atoms with Crippen LogP contribution in [0.3, 0.4) is 0 Å². The van der Waals surface area contributed by atoms with E-state index in [1.54, 1.807) is 42.5 Å². The highest BCUT2D eigenvalue weighted by molar-refractivity contribution is 7.98. The molecular formula is C19H18N6O2S2. The highest BCUT2D eigenvalue weighted by Crippen LogP contribution is 2.24. The topological polar surface area (TPSA) is 134 Å². The lowest BCUT2D eigenvalue weighted by atomic mass is 10.2. The summed E-state index contributed by atoms with van der Waals surface area (Å²) in [6, 6.07) is 15.6. The quantitative estimate of drug-likeness (QED) is 0.491. The summed E-state index contributed by atoms with van der Waals surface area (Å²) in [6.45, 7) is 0.368. The van der Waals surface area contributed by atoms with E-state index in [2.05, 4.69) is 26.7 Å². The molecule has 1 aromatic heterocycles. The molecule has 0 atom stereocenters. The molecule has 0 radical (unpaired) electrons. The van der Waals surface area contributed by atoms with Crippen LogP contribution in [-0.4, -0.2) is 24.6 Å². The first-order valence-corrected chi connectivity index (χ1v) is 11.2. The Bertz CT molecular complexity index is 1160. The van der Waals surface area contributed by atoms with Crippen LogP contribution in [0.4, 0.5) is 17.3 Å². The second-order valence-corrected chi connectivity index (χ2v) is 8.38. The monoisotopic (exact) mass is 426 g/mol. The zero-order valence-electron chi connectivity index (χ0n) is 15.5. The average molecular weight is 427 g/mol. The van der Waals surface area contributed by atoms with Crippen LogP contribution in [0.2, 0.25) is 0 Å². The minimum absolute atomic E-state index is 0.0676. The molecule has 0 aliphatic rings. The number of nitriles is 1. The number of thioether (sulfide) groups is 1. The van der Waals surface area contributed by atoms with Crippen molar-refractivity contribution in [3.8, 4) is 6.07 Å². The summed E-state index contributed by atoms with van der Waals surface area (Å²) < 4.78 is 23.2. The van der Waals surface area contributed by atoms with Crippen LogP contribution in [0.5, 0.6) is 0 Å². The largest absolute Gasteiger partial charge is 0.366 e. The molecule has 3 aromatic rings. The van der Waals surface area contributed by atoms with Gasteiger partial charge in [0, 0.05) is 23.2 Å². The molecule has 0 bridgehead atoms. The first-order valence-electron chi connectivity index (χ1n) is 8.42. The number of anilines is 3. The van der Waals surface area contributed by atoms with Crippen LogP contribution >= 0.6 is 11.8 Å². The van der Waals surface area contributed by atoms with Crippen LogP contribution in [-0.2, 0) is 16.6 Å². The first-order chi connectivity index (χ1) is 13.9. The van der Waals surface area contributed by atoms with Crippen molar-refractivity contribution in [1.82, 2.24) is 9.97 Å². The molecule has 1 heterocycles. The second kappa shape index (κ2) is 8.91. The number of hydrogen-bond donors (Lipinski definition) is 3. The van der Waals surface area contributed by atoms with Crippen LogP contribution in [0.1, 0.15) is 11.1 Å². The van der Waals surface area contributed by atoms with Gasteiger partial charge in [-0.05, 0) is 54.3 Å². The fourth-order valence-electron chi connectivity index (χ4n) is 2.55. The van der Waals surface area contributed by atoms with E-state index in [0.717, 1.165) is 16.1 Å². The molecule has 8 nitrogen and oxygen atoms in total. The molecule has 2 aromatic carbocycles. The lowest BCUT2D eigenvalue weighted by Crippen LogP contribution is -2.13. The number of nitrogens with one attached hydrogen (secondary N) is 2. The number of sulfonamides is 1. The third kappa shape index (κ3) is 5.45. The highest BCUT2D eigenvalue weighted by atomic mass is 32.2. The van der Waals surface area contributed by atoms with Crippen molar-refractivity contribution in [2.75, 3.05) is 16.9 Å². The summed E-state index contributed by atoms with van der Waals surface area (Å²) >= 11 is 1.51. The Kier molecular flexibility index (Phi) is 6.33.